The van der Waals surface area contributed by atoms with E-state index in [1.165, 1.54) is 5.56 Å². The van der Waals surface area contributed by atoms with Crippen LogP contribution in [0.3, 0.4) is 0 Å². The van der Waals surface area contributed by atoms with Crippen LogP contribution in [0.25, 0.3) is 11.1 Å². The Kier molecular flexibility index (Phi) is 1.95. The maximum atomic E-state index is 11.4. The number of aryl methyl sites for hydroxylation is 3. The number of benzene rings is 1. The van der Waals surface area contributed by atoms with Crippen molar-refractivity contribution in [2.24, 2.45) is 0 Å². The van der Waals surface area contributed by atoms with Crippen molar-refractivity contribution in [2.45, 2.75) is 27.3 Å². The summed E-state index contributed by atoms with van der Waals surface area (Å²) < 4.78 is 6.77. The predicted molar refractivity (Wildman–Crippen MR) is 55.6 cm³/mol. The van der Waals surface area contributed by atoms with E-state index in [4.69, 9.17) is 4.42 Å². The van der Waals surface area contributed by atoms with Gasteiger partial charge in [-0.15, -0.1) is 0 Å². The molecule has 0 aliphatic heterocycles. The molecule has 0 spiro atoms. The summed E-state index contributed by atoms with van der Waals surface area (Å²) in [7, 11) is 0. The van der Waals surface area contributed by atoms with Gasteiger partial charge < -0.3 is 4.42 Å². The molecule has 0 bridgehead atoms. The molecule has 3 nitrogen and oxygen atoms in total. The molecule has 1 heterocycles. The standard InChI is InChI=1S/C11H13NO2/c1-4-12-9-5-7(2)8(3)6-10(9)14-11(12)13/h5-6H,4H2,1-3H3. The van der Waals surface area contributed by atoms with E-state index < -0.39 is 0 Å². The first kappa shape index (κ1) is 9.06. The third-order valence-electron chi connectivity index (χ3n) is 2.60. The molecular formula is C11H13NO2. The van der Waals surface area contributed by atoms with Gasteiger partial charge >= 0.3 is 5.76 Å². The molecule has 0 aliphatic rings. The first-order valence-corrected chi connectivity index (χ1v) is 4.74. The molecule has 0 amide bonds. The van der Waals surface area contributed by atoms with Gasteiger partial charge in [0.05, 0.1) is 5.52 Å². The summed E-state index contributed by atoms with van der Waals surface area (Å²) in [4.78, 5) is 11.4. The van der Waals surface area contributed by atoms with Crippen molar-refractivity contribution in [2.75, 3.05) is 0 Å². The van der Waals surface area contributed by atoms with Gasteiger partial charge in [-0.25, -0.2) is 4.79 Å². The lowest BCUT2D eigenvalue weighted by Gasteiger charge is -2.00. The highest BCUT2D eigenvalue weighted by molar-refractivity contribution is 5.75. The topological polar surface area (TPSA) is 35.1 Å². The molecule has 0 atom stereocenters. The molecule has 0 unspecified atom stereocenters. The fraction of sp³-hybridized carbons (Fsp3) is 0.364. The first-order chi connectivity index (χ1) is 6.63. The van der Waals surface area contributed by atoms with Crippen molar-refractivity contribution >= 4 is 11.1 Å². The number of oxazole rings is 1. The van der Waals surface area contributed by atoms with E-state index in [9.17, 15) is 4.79 Å². The minimum Gasteiger partial charge on any atom is -0.408 e. The van der Waals surface area contributed by atoms with Crippen LogP contribution in [-0.2, 0) is 6.54 Å². The summed E-state index contributed by atoms with van der Waals surface area (Å²) in [5, 5.41) is 0. The third-order valence-corrected chi connectivity index (χ3v) is 2.60. The predicted octanol–water partition coefficient (Wildman–Crippen LogP) is 2.23. The van der Waals surface area contributed by atoms with Crippen LogP contribution in [0.2, 0.25) is 0 Å². The van der Waals surface area contributed by atoms with Crippen LogP contribution in [-0.4, -0.2) is 4.57 Å². The molecule has 14 heavy (non-hydrogen) atoms. The molecule has 0 radical (unpaired) electrons. The summed E-state index contributed by atoms with van der Waals surface area (Å²) >= 11 is 0. The SMILES string of the molecule is CCn1c(=O)oc2cc(C)c(C)cc21. The van der Waals surface area contributed by atoms with Crippen LogP contribution in [0.15, 0.2) is 21.3 Å². The normalized spacial score (nSPS) is 11.1. The zero-order valence-electron chi connectivity index (χ0n) is 8.63. The maximum absolute atomic E-state index is 11.4. The third kappa shape index (κ3) is 1.16. The van der Waals surface area contributed by atoms with Gasteiger partial charge in [-0.2, -0.15) is 0 Å². The van der Waals surface area contributed by atoms with Crippen molar-refractivity contribution < 1.29 is 4.42 Å². The molecule has 2 aromatic rings. The van der Waals surface area contributed by atoms with E-state index >= 15 is 0 Å². The van der Waals surface area contributed by atoms with Gasteiger partial charge in [-0.05, 0) is 44.0 Å². The van der Waals surface area contributed by atoms with E-state index in [-0.39, 0.29) is 5.76 Å². The average molecular weight is 191 g/mol. The monoisotopic (exact) mass is 191 g/mol. The molecule has 1 aromatic heterocycles. The fourth-order valence-corrected chi connectivity index (χ4v) is 1.61. The Balaban J connectivity index is 2.89. The Morgan fingerprint density at radius 1 is 1.29 bits per heavy atom. The number of rotatable bonds is 1. The van der Waals surface area contributed by atoms with Crippen LogP contribution in [0.4, 0.5) is 0 Å². The van der Waals surface area contributed by atoms with Gasteiger partial charge in [0.15, 0.2) is 5.58 Å². The second kappa shape index (κ2) is 3.01. The summed E-state index contributed by atoms with van der Waals surface area (Å²) in [6, 6.07) is 3.91. The van der Waals surface area contributed by atoms with Gasteiger partial charge in [0.1, 0.15) is 0 Å². The molecule has 0 saturated heterocycles. The van der Waals surface area contributed by atoms with Crippen LogP contribution >= 0.6 is 0 Å². The quantitative estimate of drug-likeness (QED) is 0.692. The van der Waals surface area contributed by atoms with Gasteiger partial charge in [-0.1, -0.05) is 0 Å². The fourth-order valence-electron chi connectivity index (χ4n) is 1.61. The molecule has 3 heteroatoms. The molecular weight excluding hydrogens is 178 g/mol. The highest BCUT2D eigenvalue weighted by Crippen LogP contribution is 2.18. The number of hydrogen-bond acceptors (Lipinski definition) is 2. The second-order valence-corrected chi connectivity index (χ2v) is 3.52. The van der Waals surface area contributed by atoms with Crippen molar-refractivity contribution in [3.63, 3.8) is 0 Å². The van der Waals surface area contributed by atoms with E-state index in [1.807, 2.05) is 32.9 Å². The van der Waals surface area contributed by atoms with Gasteiger partial charge in [-0.3, -0.25) is 4.57 Å². The smallest absolute Gasteiger partial charge is 0.408 e. The van der Waals surface area contributed by atoms with Crippen LogP contribution in [0.5, 0.6) is 0 Å². The van der Waals surface area contributed by atoms with Crippen LogP contribution in [0.1, 0.15) is 18.1 Å². The second-order valence-electron chi connectivity index (χ2n) is 3.52. The Hall–Kier alpha value is -1.51. The molecule has 0 saturated carbocycles. The van der Waals surface area contributed by atoms with Crippen molar-refractivity contribution in [1.29, 1.82) is 0 Å². The van der Waals surface area contributed by atoms with Gasteiger partial charge in [0.25, 0.3) is 0 Å². The first-order valence-electron chi connectivity index (χ1n) is 4.74. The van der Waals surface area contributed by atoms with E-state index in [0.29, 0.717) is 12.1 Å². The number of nitrogens with zero attached hydrogens (tertiary/aromatic N) is 1. The van der Waals surface area contributed by atoms with Gasteiger partial charge in [0.2, 0.25) is 0 Å². The number of hydrogen-bond donors (Lipinski definition) is 0. The minimum absolute atomic E-state index is 0.271. The summed E-state index contributed by atoms with van der Waals surface area (Å²) in [6.45, 7) is 6.63. The van der Waals surface area contributed by atoms with E-state index in [2.05, 4.69) is 0 Å². The van der Waals surface area contributed by atoms with Crippen LogP contribution in [0, 0.1) is 13.8 Å². The van der Waals surface area contributed by atoms with E-state index in [0.717, 1.165) is 11.1 Å². The molecule has 0 N–H and O–H groups in total. The van der Waals surface area contributed by atoms with E-state index in [1.54, 1.807) is 4.57 Å². The molecule has 74 valence electrons. The highest BCUT2D eigenvalue weighted by Gasteiger charge is 2.08. The molecule has 2 rings (SSSR count). The minimum atomic E-state index is -0.271. The van der Waals surface area contributed by atoms with Crippen LogP contribution < -0.4 is 5.76 Å². The molecule has 0 fully saturated rings. The summed E-state index contributed by atoms with van der Waals surface area (Å²) in [5.41, 5.74) is 3.90. The Morgan fingerprint density at radius 3 is 2.57 bits per heavy atom. The summed E-state index contributed by atoms with van der Waals surface area (Å²) in [5.74, 6) is -0.271. The lowest BCUT2D eigenvalue weighted by atomic mass is 10.1. The zero-order chi connectivity index (χ0) is 10.3. The van der Waals surface area contributed by atoms with Crippen molar-refractivity contribution in [3.8, 4) is 0 Å². The average Bonchev–Trinajstić information content (AvgIpc) is 2.42. The lowest BCUT2D eigenvalue weighted by molar-refractivity contribution is 0.513. The largest absolute Gasteiger partial charge is 0.419 e. The molecule has 0 aliphatic carbocycles. The van der Waals surface area contributed by atoms with Crippen molar-refractivity contribution in [3.05, 3.63) is 33.8 Å². The van der Waals surface area contributed by atoms with Gasteiger partial charge in [0, 0.05) is 6.54 Å². The zero-order valence-corrected chi connectivity index (χ0v) is 8.63. The molecule has 1 aromatic carbocycles. The maximum Gasteiger partial charge on any atom is 0.419 e. The Bertz CT molecular complexity index is 534. The lowest BCUT2D eigenvalue weighted by Crippen LogP contribution is -2.12. The summed E-state index contributed by atoms with van der Waals surface area (Å²) in [6.07, 6.45) is 0. The van der Waals surface area contributed by atoms with Crippen molar-refractivity contribution in [1.82, 2.24) is 4.57 Å². The Labute approximate surface area is 82.0 Å². The number of fused-ring (bicyclic) bond motifs is 1. The Morgan fingerprint density at radius 2 is 1.93 bits per heavy atom. The highest BCUT2D eigenvalue weighted by atomic mass is 16.4. The number of aromatic nitrogens is 1.